The lowest BCUT2D eigenvalue weighted by Gasteiger charge is -2.10. The molecule has 0 aliphatic carbocycles. The maximum absolute atomic E-state index is 4.58. The van der Waals surface area contributed by atoms with E-state index in [2.05, 4.69) is 62.0 Å². The Labute approximate surface area is 172 Å². The molecule has 0 saturated carbocycles. The summed E-state index contributed by atoms with van der Waals surface area (Å²) in [6.07, 6.45) is 5.70. The van der Waals surface area contributed by atoms with Crippen LogP contribution in [0, 0.1) is 6.92 Å². The summed E-state index contributed by atoms with van der Waals surface area (Å²) in [6.45, 7) is 2.08. The average Bonchev–Trinajstić information content (AvgIpc) is 3.36. The van der Waals surface area contributed by atoms with Crippen LogP contribution in [-0.2, 0) is 5.75 Å². The Morgan fingerprint density at radius 1 is 0.966 bits per heavy atom. The van der Waals surface area contributed by atoms with Crippen molar-refractivity contribution in [3.05, 3.63) is 90.5 Å². The van der Waals surface area contributed by atoms with Gasteiger partial charge in [-0.1, -0.05) is 53.7 Å². The average molecular weight is 398 g/mol. The molecule has 0 radical (unpaired) electrons. The monoisotopic (exact) mass is 398 g/mol. The third-order valence-corrected chi connectivity index (χ3v) is 5.52. The summed E-state index contributed by atoms with van der Waals surface area (Å²) < 4.78 is 4.03. The van der Waals surface area contributed by atoms with E-state index >= 15 is 0 Å². The van der Waals surface area contributed by atoms with Crippen molar-refractivity contribution in [2.75, 3.05) is 0 Å². The molecule has 3 aromatic heterocycles. The van der Waals surface area contributed by atoms with E-state index < -0.39 is 0 Å². The van der Waals surface area contributed by atoms with Gasteiger partial charge < -0.3 is 0 Å². The van der Waals surface area contributed by atoms with Crippen LogP contribution in [0.4, 0.5) is 0 Å². The fraction of sp³-hybridized carbons (Fsp3) is 0.0909. The van der Waals surface area contributed by atoms with Crippen LogP contribution in [0.25, 0.3) is 22.9 Å². The van der Waals surface area contributed by atoms with Crippen molar-refractivity contribution < 1.29 is 0 Å². The van der Waals surface area contributed by atoms with Crippen LogP contribution in [0.1, 0.15) is 11.3 Å². The summed E-state index contributed by atoms with van der Waals surface area (Å²) in [7, 11) is 0. The first kappa shape index (κ1) is 17.6. The summed E-state index contributed by atoms with van der Waals surface area (Å²) in [6, 6.07) is 20.4. The van der Waals surface area contributed by atoms with Gasteiger partial charge in [0.2, 0.25) is 5.78 Å². The summed E-state index contributed by atoms with van der Waals surface area (Å²) >= 11 is 1.62. The van der Waals surface area contributed by atoms with E-state index in [4.69, 9.17) is 0 Å². The van der Waals surface area contributed by atoms with Crippen molar-refractivity contribution >= 4 is 17.5 Å². The van der Waals surface area contributed by atoms with Gasteiger partial charge in [0, 0.05) is 35.6 Å². The number of thioether (sulfide) groups is 1. The molecule has 5 rings (SSSR count). The van der Waals surface area contributed by atoms with Crippen LogP contribution < -0.4 is 0 Å². The van der Waals surface area contributed by atoms with Gasteiger partial charge in [0.15, 0.2) is 11.0 Å². The van der Waals surface area contributed by atoms with Gasteiger partial charge in [0.05, 0.1) is 5.69 Å². The van der Waals surface area contributed by atoms with Gasteiger partial charge >= 0.3 is 0 Å². The largest absolute Gasteiger partial charge is 0.291 e. The Balaban J connectivity index is 1.52. The Morgan fingerprint density at radius 2 is 1.86 bits per heavy atom. The number of hydrogen-bond acceptors (Lipinski definition) is 5. The van der Waals surface area contributed by atoms with Gasteiger partial charge in [-0.25, -0.2) is 9.97 Å². The van der Waals surface area contributed by atoms with Crippen molar-refractivity contribution in [1.82, 2.24) is 29.1 Å². The summed E-state index contributed by atoms with van der Waals surface area (Å²) in [4.78, 5) is 8.86. The topological polar surface area (TPSA) is 60.9 Å². The zero-order valence-electron chi connectivity index (χ0n) is 15.8. The van der Waals surface area contributed by atoms with E-state index in [0.29, 0.717) is 11.5 Å². The molecule has 6 nitrogen and oxygen atoms in total. The van der Waals surface area contributed by atoms with E-state index in [0.717, 1.165) is 27.9 Å². The molecule has 3 heterocycles. The number of para-hydroxylation sites is 1. The predicted octanol–water partition coefficient (Wildman–Crippen LogP) is 4.58. The van der Waals surface area contributed by atoms with Gasteiger partial charge in [-0.15, -0.1) is 10.2 Å². The molecule has 0 unspecified atom stereocenters. The minimum atomic E-state index is 0.683. The molecular formula is C22H18N6S. The van der Waals surface area contributed by atoms with Crippen molar-refractivity contribution in [2.24, 2.45) is 0 Å². The molecule has 0 spiro atoms. The molecular weight excluding hydrogens is 380 g/mol. The molecule has 2 aromatic carbocycles. The van der Waals surface area contributed by atoms with Gasteiger partial charge in [-0.05, 0) is 31.2 Å². The molecule has 0 atom stereocenters. The Morgan fingerprint density at radius 3 is 2.69 bits per heavy atom. The molecule has 0 aliphatic heterocycles. The van der Waals surface area contributed by atoms with E-state index in [-0.39, 0.29) is 0 Å². The van der Waals surface area contributed by atoms with Crippen LogP contribution in [-0.4, -0.2) is 29.1 Å². The highest BCUT2D eigenvalue weighted by Crippen LogP contribution is 2.29. The Kier molecular flexibility index (Phi) is 4.57. The van der Waals surface area contributed by atoms with Gasteiger partial charge in [-0.2, -0.15) is 0 Å². The third-order valence-electron chi connectivity index (χ3n) is 4.56. The molecule has 29 heavy (non-hydrogen) atoms. The molecule has 0 saturated heterocycles. The number of imidazole rings is 1. The lowest BCUT2D eigenvalue weighted by atomic mass is 10.1. The number of nitrogens with zero attached hydrogens (tertiary/aromatic N) is 6. The normalized spacial score (nSPS) is 11.2. The molecule has 0 fully saturated rings. The first-order valence-electron chi connectivity index (χ1n) is 9.27. The van der Waals surface area contributed by atoms with Crippen molar-refractivity contribution in [3.63, 3.8) is 0 Å². The van der Waals surface area contributed by atoms with Crippen molar-refractivity contribution in [2.45, 2.75) is 17.8 Å². The minimum absolute atomic E-state index is 0.683. The number of hydrogen-bond donors (Lipinski definition) is 0. The highest BCUT2D eigenvalue weighted by molar-refractivity contribution is 7.98. The smallest absolute Gasteiger partial charge is 0.233 e. The summed E-state index contributed by atoms with van der Waals surface area (Å²) in [5.41, 5.74) is 4.23. The zero-order chi connectivity index (χ0) is 19.6. The summed E-state index contributed by atoms with van der Waals surface area (Å²) in [5, 5.41) is 9.84. The quantitative estimate of drug-likeness (QED) is 0.406. The van der Waals surface area contributed by atoms with Gasteiger partial charge in [0.1, 0.15) is 0 Å². The highest BCUT2D eigenvalue weighted by Gasteiger charge is 2.17. The number of fused-ring (bicyclic) bond motifs is 1. The van der Waals surface area contributed by atoms with Crippen LogP contribution >= 0.6 is 11.8 Å². The Hall–Kier alpha value is -3.45. The second-order valence-electron chi connectivity index (χ2n) is 6.69. The second-order valence-corrected chi connectivity index (χ2v) is 7.64. The highest BCUT2D eigenvalue weighted by atomic mass is 32.2. The van der Waals surface area contributed by atoms with E-state index in [1.54, 1.807) is 18.0 Å². The lowest BCUT2D eigenvalue weighted by Crippen LogP contribution is -1.99. The molecule has 0 N–H and O–H groups in total. The molecule has 0 amide bonds. The first-order valence-corrected chi connectivity index (χ1v) is 10.3. The van der Waals surface area contributed by atoms with Crippen molar-refractivity contribution in [1.29, 1.82) is 0 Å². The standard InChI is InChI=1S/C22H18N6S/c1-16-7-5-8-17(13-16)20-25-26-22(28(20)19-9-3-2-4-10-19)29-15-18-14-27-12-6-11-23-21(27)24-18/h2-14H,15H2,1H3. The molecule has 142 valence electrons. The minimum Gasteiger partial charge on any atom is -0.291 e. The maximum atomic E-state index is 4.58. The van der Waals surface area contributed by atoms with Crippen LogP contribution in [0.15, 0.2) is 84.4 Å². The predicted molar refractivity (Wildman–Crippen MR) is 114 cm³/mol. The van der Waals surface area contributed by atoms with Crippen molar-refractivity contribution in [3.8, 4) is 17.1 Å². The molecule has 0 aliphatic rings. The SMILES string of the molecule is Cc1cccc(-c2nnc(SCc3cn4cccnc4n3)n2-c2ccccc2)c1. The number of aryl methyl sites for hydroxylation is 1. The van der Waals surface area contributed by atoms with Crippen LogP contribution in [0.2, 0.25) is 0 Å². The number of rotatable bonds is 5. The first-order chi connectivity index (χ1) is 14.3. The molecule has 5 aromatic rings. The van der Waals surface area contributed by atoms with Crippen LogP contribution in [0.5, 0.6) is 0 Å². The lowest BCUT2D eigenvalue weighted by molar-refractivity contribution is 0.885. The third kappa shape index (κ3) is 3.52. The second kappa shape index (κ2) is 7.52. The summed E-state index contributed by atoms with van der Waals surface area (Å²) in [5.74, 6) is 2.22. The fourth-order valence-electron chi connectivity index (χ4n) is 3.23. The fourth-order valence-corrected chi connectivity index (χ4v) is 4.07. The zero-order valence-corrected chi connectivity index (χ0v) is 16.6. The van der Waals surface area contributed by atoms with Gasteiger partial charge in [0.25, 0.3) is 0 Å². The molecule has 0 bridgehead atoms. The Bertz CT molecular complexity index is 1240. The molecule has 7 heteroatoms. The van der Waals surface area contributed by atoms with E-state index in [1.807, 2.05) is 47.1 Å². The maximum Gasteiger partial charge on any atom is 0.233 e. The van der Waals surface area contributed by atoms with E-state index in [1.165, 1.54) is 5.56 Å². The number of benzene rings is 2. The van der Waals surface area contributed by atoms with E-state index in [9.17, 15) is 0 Å². The number of aromatic nitrogens is 6. The van der Waals surface area contributed by atoms with Crippen LogP contribution in [0.3, 0.4) is 0 Å². The van der Waals surface area contributed by atoms with Gasteiger partial charge in [-0.3, -0.25) is 8.97 Å².